The smallest absolute Gasteiger partial charge is 0.410 e. The van der Waals surface area contributed by atoms with Crippen molar-refractivity contribution in [2.75, 3.05) is 13.2 Å². The van der Waals surface area contributed by atoms with E-state index in [2.05, 4.69) is 39.9 Å². The SMILES string of the molecule is CC(C)(C)[Si](C)(C)O[C@H]1C=CCN2C(=O)OC[C@H]12. The number of fused-ring (bicyclic) bond motifs is 1. The van der Waals surface area contributed by atoms with Crippen molar-refractivity contribution in [2.24, 2.45) is 0 Å². The van der Waals surface area contributed by atoms with E-state index in [1.54, 1.807) is 4.90 Å². The van der Waals surface area contributed by atoms with E-state index in [0.29, 0.717) is 13.2 Å². The summed E-state index contributed by atoms with van der Waals surface area (Å²) in [5, 5.41) is 0.173. The summed E-state index contributed by atoms with van der Waals surface area (Å²) in [5.41, 5.74) is 0. The van der Waals surface area contributed by atoms with Crippen LogP contribution in [0.1, 0.15) is 20.8 Å². The van der Waals surface area contributed by atoms with Crippen molar-refractivity contribution in [1.29, 1.82) is 0 Å². The summed E-state index contributed by atoms with van der Waals surface area (Å²) in [6, 6.07) is 0.0524. The van der Waals surface area contributed by atoms with E-state index in [1.807, 2.05) is 6.08 Å². The second kappa shape index (κ2) is 4.38. The van der Waals surface area contributed by atoms with Gasteiger partial charge in [0, 0.05) is 6.54 Å². The minimum Gasteiger partial charge on any atom is -0.447 e. The number of amides is 1. The number of ether oxygens (including phenoxy) is 1. The number of hydrogen-bond donors (Lipinski definition) is 0. The van der Waals surface area contributed by atoms with Crippen molar-refractivity contribution < 1.29 is 14.0 Å². The molecular formula is C13H23NO3Si. The molecule has 2 aliphatic rings. The zero-order valence-corrected chi connectivity index (χ0v) is 12.9. The molecule has 0 saturated carbocycles. The molecule has 0 aromatic rings. The molecule has 0 aromatic carbocycles. The third-order valence-corrected chi connectivity index (χ3v) is 8.73. The Bertz CT molecular complexity index is 373. The van der Waals surface area contributed by atoms with Gasteiger partial charge in [0.1, 0.15) is 6.61 Å². The lowest BCUT2D eigenvalue weighted by Gasteiger charge is -2.41. The highest BCUT2D eigenvalue weighted by Crippen LogP contribution is 2.38. The van der Waals surface area contributed by atoms with E-state index in [4.69, 9.17) is 9.16 Å². The lowest BCUT2D eigenvalue weighted by atomic mass is 10.1. The van der Waals surface area contributed by atoms with Crippen LogP contribution in [-0.4, -0.2) is 44.6 Å². The Balaban J connectivity index is 2.12. The fraction of sp³-hybridized carbons (Fsp3) is 0.769. The number of hydrogen-bond acceptors (Lipinski definition) is 3. The van der Waals surface area contributed by atoms with Crippen LogP contribution in [0.2, 0.25) is 18.1 Å². The molecule has 2 aliphatic heterocycles. The maximum atomic E-state index is 11.5. The Morgan fingerprint density at radius 2 is 2.11 bits per heavy atom. The van der Waals surface area contributed by atoms with Gasteiger partial charge in [-0.2, -0.15) is 0 Å². The van der Waals surface area contributed by atoms with Crippen LogP contribution in [0.25, 0.3) is 0 Å². The molecule has 0 aromatic heterocycles. The van der Waals surface area contributed by atoms with Gasteiger partial charge in [-0.15, -0.1) is 0 Å². The van der Waals surface area contributed by atoms with Gasteiger partial charge in [-0.05, 0) is 18.1 Å². The van der Waals surface area contributed by atoms with E-state index >= 15 is 0 Å². The predicted octanol–water partition coefficient (Wildman–Crippen LogP) is 2.77. The van der Waals surface area contributed by atoms with Gasteiger partial charge in [0.25, 0.3) is 0 Å². The molecule has 0 radical (unpaired) electrons. The summed E-state index contributed by atoms with van der Waals surface area (Å²) >= 11 is 0. The number of carbonyl (C=O) groups is 1. The summed E-state index contributed by atoms with van der Waals surface area (Å²) in [7, 11) is -1.82. The Labute approximate surface area is 110 Å². The fourth-order valence-electron chi connectivity index (χ4n) is 2.02. The summed E-state index contributed by atoms with van der Waals surface area (Å²) in [4.78, 5) is 13.3. The third kappa shape index (κ3) is 2.33. The molecule has 5 heteroatoms. The summed E-state index contributed by atoms with van der Waals surface area (Å²) in [6.45, 7) is 12.2. The minimum atomic E-state index is -1.82. The van der Waals surface area contributed by atoms with Gasteiger partial charge in [0.05, 0.1) is 12.1 Å². The molecule has 18 heavy (non-hydrogen) atoms. The molecule has 1 fully saturated rings. The predicted molar refractivity (Wildman–Crippen MR) is 73.1 cm³/mol. The lowest BCUT2D eigenvalue weighted by Crippen LogP contribution is -2.52. The first kappa shape index (κ1) is 13.6. The third-order valence-electron chi connectivity index (χ3n) is 4.26. The summed E-state index contributed by atoms with van der Waals surface area (Å²) in [6.07, 6.45) is 3.85. The van der Waals surface area contributed by atoms with Gasteiger partial charge < -0.3 is 9.16 Å². The van der Waals surface area contributed by atoms with Crippen LogP contribution in [0.3, 0.4) is 0 Å². The monoisotopic (exact) mass is 269 g/mol. The molecule has 1 amide bonds. The van der Waals surface area contributed by atoms with Crippen molar-refractivity contribution in [3.05, 3.63) is 12.2 Å². The average molecular weight is 269 g/mol. The summed E-state index contributed by atoms with van der Waals surface area (Å²) in [5.74, 6) is 0. The first-order chi connectivity index (χ1) is 8.22. The lowest BCUT2D eigenvalue weighted by molar-refractivity contribution is 0.124. The second-order valence-corrected chi connectivity index (χ2v) is 11.3. The zero-order chi connectivity index (χ0) is 13.6. The van der Waals surface area contributed by atoms with Crippen molar-refractivity contribution in [3.63, 3.8) is 0 Å². The van der Waals surface area contributed by atoms with Crippen LogP contribution >= 0.6 is 0 Å². The fourth-order valence-corrected chi connectivity index (χ4v) is 3.29. The summed E-state index contributed by atoms with van der Waals surface area (Å²) < 4.78 is 11.5. The Morgan fingerprint density at radius 1 is 1.44 bits per heavy atom. The Hall–Kier alpha value is -0.813. The maximum Gasteiger partial charge on any atom is 0.410 e. The van der Waals surface area contributed by atoms with E-state index in [1.165, 1.54) is 0 Å². The van der Waals surface area contributed by atoms with Crippen LogP contribution in [-0.2, 0) is 9.16 Å². The van der Waals surface area contributed by atoms with Gasteiger partial charge >= 0.3 is 6.09 Å². The van der Waals surface area contributed by atoms with Crippen LogP contribution in [0.4, 0.5) is 4.79 Å². The van der Waals surface area contributed by atoms with Crippen molar-refractivity contribution >= 4 is 14.4 Å². The van der Waals surface area contributed by atoms with E-state index in [0.717, 1.165) is 0 Å². The molecule has 0 N–H and O–H groups in total. The van der Waals surface area contributed by atoms with Gasteiger partial charge in [0.2, 0.25) is 0 Å². The standard InChI is InChI=1S/C13H23NO3Si/c1-13(2,3)18(4,5)17-11-7-6-8-14-10(11)9-16-12(14)15/h6-7,10-11H,8-9H2,1-5H3/t10-,11+/m1/s1. The minimum absolute atomic E-state index is 0.0221. The first-order valence-corrected chi connectivity index (χ1v) is 9.41. The van der Waals surface area contributed by atoms with Gasteiger partial charge in [-0.3, -0.25) is 4.90 Å². The van der Waals surface area contributed by atoms with Crippen LogP contribution in [0.15, 0.2) is 12.2 Å². The van der Waals surface area contributed by atoms with Gasteiger partial charge in [-0.1, -0.05) is 32.9 Å². The molecule has 0 bridgehead atoms. The highest BCUT2D eigenvalue weighted by Gasteiger charge is 2.45. The molecular weight excluding hydrogens is 246 g/mol. The molecule has 2 rings (SSSR count). The van der Waals surface area contributed by atoms with Crippen LogP contribution in [0, 0.1) is 0 Å². The maximum absolute atomic E-state index is 11.5. The number of carbonyl (C=O) groups excluding carboxylic acids is 1. The molecule has 0 spiro atoms. The van der Waals surface area contributed by atoms with Crippen LogP contribution < -0.4 is 0 Å². The van der Waals surface area contributed by atoms with Crippen LogP contribution in [0.5, 0.6) is 0 Å². The first-order valence-electron chi connectivity index (χ1n) is 6.50. The molecule has 2 heterocycles. The van der Waals surface area contributed by atoms with Gasteiger partial charge in [0.15, 0.2) is 8.32 Å². The van der Waals surface area contributed by atoms with Crippen molar-refractivity contribution in [2.45, 2.75) is 51.0 Å². The highest BCUT2D eigenvalue weighted by molar-refractivity contribution is 6.74. The molecule has 4 nitrogen and oxygen atoms in total. The molecule has 102 valence electrons. The second-order valence-electron chi connectivity index (χ2n) is 6.57. The molecule has 1 saturated heterocycles. The highest BCUT2D eigenvalue weighted by atomic mass is 28.4. The Kier molecular flexibility index (Phi) is 3.31. The zero-order valence-electron chi connectivity index (χ0n) is 11.9. The van der Waals surface area contributed by atoms with E-state index in [9.17, 15) is 4.79 Å². The topological polar surface area (TPSA) is 38.8 Å². The number of rotatable bonds is 2. The van der Waals surface area contributed by atoms with E-state index in [-0.39, 0.29) is 23.3 Å². The van der Waals surface area contributed by atoms with Gasteiger partial charge in [-0.25, -0.2) is 4.79 Å². The average Bonchev–Trinajstić information content (AvgIpc) is 2.60. The Morgan fingerprint density at radius 3 is 2.72 bits per heavy atom. The van der Waals surface area contributed by atoms with Crippen molar-refractivity contribution in [1.82, 2.24) is 4.90 Å². The quantitative estimate of drug-likeness (QED) is 0.571. The largest absolute Gasteiger partial charge is 0.447 e. The molecule has 0 aliphatic carbocycles. The van der Waals surface area contributed by atoms with Crippen molar-refractivity contribution in [3.8, 4) is 0 Å². The molecule has 2 atom stereocenters. The normalized spacial score (nSPS) is 28.3. The number of nitrogens with zero attached hydrogens (tertiary/aromatic N) is 1. The van der Waals surface area contributed by atoms with E-state index < -0.39 is 8.32 Å². The molecule has 0 unspecified atom stereocenters. The number of cyclic esters (lactones) is 1.